The number of carbonyl (C=O) groups is 2. The first kappa shape index (κ1) is 14.8. The monoisotopic (exact) mass is 364 g/mol. The lowest BCUT2D eigenvalue weighted by Crippen LogP contribution is -2.23. The van der Waals surface area contributed by atoms with Gasteiger partial charge in [0.2, 0.25) is 5.78 Å². The van der Waals surface area contributed by atoms with E-state index in [0.717, 1.165) is 0 Å². The number of rotatable bonds is 3. The Morgan fingerprint density at radius 3 is 2.12 bits per heavy atom. The van der Waals surface area contributed by atoms with E-state index in [1.807, 2.05) is 0 Å². The lowest BCUT2D eigenvalue weighted by atomic mass is 9.90. The van der Waals surface area contributed by atoms with E-state index in [2.05, 4.69) is 31.9 Å². The molecule has 0 aromatic carbocycles. The standard InChI is InChI=1S/C12H14Br2O3/c1-6-8(13)11(16)9(14)7(10(6)15)4-5-12(2,3)17/h17H,4-5H2,1-3H3. The van der Waals surface area contributed by atoms with Gasteiger partial charge in [-0.3, -0.25) is 9.59 Å². The summed E-state index contributed by atoms with van der Waals surface area (Å²) < 4.78 is 0.602. The van der Waals surface area contributed by atoms with Gasteiger partial charge in [-0.05, 0) is 65.5 Å². The minimum absolute atomic E-state index is 0.146. The average molecular weight is 366 g/mol. The van der Waals surface area contributed by atoms with Gasteiger partial charge in [0, 0.05) is 11.1 Å². The smallest absolute Gasteiger partial charge is 0.207 e. The first-order chi connectivity index (χ1) is 7.65. The summed E-state index contributed by atoms with van der Waals surface area (Å²) in [5, 5.41) is 9.65. The van der Waals surface area contributed by atoms with Crippen molar-refractivity contribution in [3.05, 3.63) is 20.1 Å². The third-order valence-electron chi connectivity index (χ3n) is 2.59. The molecule has 0 saturated heterocycles. The van der Waals surface area contributed by atoms with E-state index in [4.69, 9.17) is 0 Å². The molecule has 0 amide bonds. The molecule has 0 aromatic heterocycles. The molecule has 17 heavy (non-hydrogen) atoms. The van der Waals surface area contributed by atoms with Crippen LogP contribution in [0.4, 0.5) is 0 Å². The number of allylic oxidation sites excluding steroid dienone is 4. The van der Waals surface area contributed by atoms with Crippen LogP contribution in [0.25, 0.3) is 0 Å². The average Bonchev–Trinajstić information content (AvgIpc) is 2.22. The first-order valence-electron chi connectivity index (χ1n) is 5.22. The third-order valence-corrected chi connectivity index (χ3v) is 4.39. The Kier molecular flexibility index (Phi) is 4.49. The van der Waals surface area contributed by atoms with E-state index < -0.39 is 5.60 Å². The van der Waals surface area contributed by atoms with Crippen molar-refractivity contribution in [1.82, 2.24) is 0 Å². The largest absolute Gasteiger partial charge is 0.390 e. The van der Waals surface area contributed by atoms with Crippen LogP contribution in [0.15, 0.2) is 20.1 Å². The fourth-order valence-electron chi connectivity index (χ4n) is 1.48. The molecule has 1 aliphatic rings. The van der Waals surface area contributed by atoms with Gasteiger partial charge in [0.05, 0.1) is 14.6 Å². The molecule has 5 heteroatoms. The van der Waals surface area contributed by atoms with Gasteiger partial charge in [-0.1, -0.05) is 0 Å². The Hall–Kier alpha value is -0.260. The third kappa shape index (κ3) is 3.36. The molecule has 0 fully saturated rings. The van der Waals surface area contributed by atoms with Crippen LogP contribution in [-0.4, -0.2) is 22.3 Å². The minimum atomic E-state index is -0.851. The molecule has 94 valence electrons. The summed E-state index contributed by atoms with van der Waals surface area (Å²) in [6.07, 6.45) is 0.813. The molecule has 0 bridgehead atoms. The summed E-state index contributed by atoms with van der Waals surface area (Å²) in [5.74, 6) is -0.361. The summed E-state index contributed by atoms with van der Waals surface area (Å²) in [6.45, 7) is 4.97. The summed E-state index contributed by atoms with van der Waals surface area (Å²) in [5.41, 5.74) is 0.0115. The number of ketones is 2. The maximum absolute atomic E-state index is 12.0. The highest BCUT2D eigenvalue weighted by Gasteiger charge is 2.30. The van der Waals surface area contributed by atoms with E-state index in [1.54, 1.807) is 20.8 Å². The molecule has 1 N–H and O–H groups in total. The van der Waals surface area contributed by atoms with Crippen LogP contribution in [-0.2, 0) is 9.59 Å². The SMILES string of the molecule is CC1=C(Br)C(=O)C(Br)=C(CCC(C)(C)O)C1=O. The van der Waals surface area contributed by atoms with Gasteiger partial charge in [0.25, 0.3) is 0 Å². The van der Waals surface area contributed by atoms with Crippen LogP contribution in [0.3, 0.4) is 0 Å². The van der Waals surface area contributed by atoms with Crippen LogP contribution in [0.5, 0.6) is 0 Å². The van der Waals surface area contributed by atoms with Crippen LogP contribution >= 0.6 is 31.9 Å². The number of halogens is 2. The molecule has 0 aliphatic heterocycles. The first-order valence-corrected chi connectivity index (χ1v) is 6.80. The second-order valence-corrected chi connectivity index (χ2v) is 6.29. The Bertz CT molecular complexity index is 439. The predicted molar refractivity (Wildman–Crippen MR) is 73.1 cm³/mol. The van der Waals surface area contributed by atoms with Crippen LogP contribution in [0.1, 0.15) is 33.6 Å². The lowest BCUT2D eigenvalue weighted by molar-refractivity contribution is -0.115. The lowest BCUT2D eigenvalue weighted by Gasteiger charge is -2.20. The van der Waals surface area contributed by atoms with E-state index >= 15 is 0 Å². The van der Waals surface area contributed by atoms with Crippen molar-refractivity contribution in [2.24, 2.45) is 0 Å². The molecular formula is C12H14Br2O3. The fourth-order valence-corrected chi connectivity index (χ4v) is 2.70. The van der Waals surface area contributed by atoms with Crippen molar-refractivity contribution in [1.29, 1.82) is 0 Å². The van der Waals surface area contributed by atoms with Crippen molar-refractivity contribution in [2.45, 2.75) is 39.2 Å². The minimum Gasteiger partial charge on any atom is -0.390 e. The van der Waals surface area contributed by atoms with Crippen molar-refractivity contribution < 1.29 is 14.7 Å². The molecule has 0 aromatic rings. The normalized spacial score (nSPS) is 18.2. The van der Waals surface area contributed by atoms with Gasteiger partial charge in [0.1, 0.15) is 0 Å². The molecular weight excluding hydrogens is 352 g/mol. The molecule has 0 saturated carbocycles. The Labute approximate surface area is 117 Å². The Balaban J connectivity index is 3.00. The summed E-state index contributed by atoms with van der Waals surface area (Å²) in [6, 6.07) is 0. The second kappa shape index (κ2) is 5.16. The Morgan fingerprint density at radius 1 is 1.12 bits per heavy atom. The zero-order valence-electron chi connectivity index (χ0n) is 9.93. The number of carbonyl (C=O) groups excluding carboxylic acids is 2. The van der Waals surface area contributed by atoms with Crippen molar-refractivity contribution in [3.63, 3.8) is 0 Å². The van der Waals surface area contributed by atoms with Crippen LogP contribution in [0, 0.1) is 0 Å². The summed E-state index contributed by atoms with van der Waals surface area (Å²) in [4.78, 5) is 23.8. The molecule has 0 atom stereocenters. The molecule has 0 radical (unpaired) electrons. The zero-order chi connectivity index (χ0) is 13.4. The topological polar surface area (TPSA) is 54.4 Å². The Morgan fingerprint density at radius 2 is 1.65 bits per heavy atom. The molecule has 0 unspecified atom stereocenters. The molecule has 0 heterocycles. The van der Waals surface area contributed by atoms with Crippen molar-refractivity contribution >= 4 is 43.4 Å². The highest BCUT2D eigenvalue weighted by molar-refractivity contribution is 9.13. The number of Topliss-reactive ketones (excluding diaryl/α,β-unsaturated/α-hetero) is 2. The van der Waals surface area contributed by atoms with E-state index in [-0.39, 0.29) is 11.6 Å². The van der Waals surface area contributed by atoms with Crippen molar-refractivity contribution in [2.75, 3.05) is 0 Å². The van der Waals surface area contributed by atoms with E-state index in [0.29, 0.717) is 33.0 Å². The molecule has 1 aliphatic carbocycles. The van der Waals surface area contributed by atoms with Crippen LogP contribution < -0.4 is 0 Å². The number of hydrogen-bond donors (Lipinski definition) is 1. The van der Waals surface area contributed by atoms with Gasteiger partial charge in [-0.15, -0.1) is 0 Å². The van der Waals surface area contributed by atoms with Gasteiger partial charge in [0.15, 0.2) is 5.78 Å². The van der Waals surface area contributed by atoms with Crippen LogP contribution in [0.2, 0.25) is 0 Å². The maximum atomic E-state index is 12.0. The predicted octanol–water partition coefficient (Wildman–Crippen LogP) is 3.01. The number of aliphatic hydroxyl groups is 1. The highest BCUT2D eigenvalue weighted by atomic mass is 79.9. The second-order valence-electron chi connectivity index (χ2n) is 4.70. The zero-order valence-corrected chi connectivity index (χ0v) is 13.1. The van der Waals surface area contributed by atoms with Crippen molar-refractivity contribution in [3.8, 4) is 0 Å². The van der Waals surface area contributed by atoms with Gasteiger partial charge in [-0.25, -0.2) is 0 Å². The summed E-state index contributed by atoms with van der Waals surface area (Å²) >= 11 is 6.27. The molecule has 0 spiro atoms. The van der Waals surface area contributed by atoms with E-state index in [9.17, 15) is 14.7 Å². The molecule has 1 rings (SSSR count). The quantitative estimate of drug-likeness (QED) is 0.782. The van der Waals surface area contributed by atoms with E-state index in [1.165, 1.54) is 0 Å². The van der Waals surface area contributed by atoms with Gasteiger partial charge >= 0.3 is 0 Å². The fraction of sp³-hybridized carbons (Fsp3) is 0.500. The molecule has 3 nitrogen and oxygen atoms in total. The maximum Gasteiger partial charge on any atom is 0.207 e. The highest BCUT2D eigenvalue weighted by Crippen LogP contribution is 2.34. The van der Waals surface area contributed by atoms with Gasteiger partial charge < -0.3 is 5.11 Å². The number of hydrogen-bond acceptors (Lipinski definition) is 3. The van der Waals surface area contributed by atoms with Gasteiger partial charge in [-0.2, -0.15) is 0 Å². The summed E-state index contributed by atoms with van der Waals surface area (Å²) in [7, 11) is 0.